The van der Waals surface area contributed by atoms with Crippen LogP contribution in [0.15, 0.2) is 78.9 Å². The molecule has 0 aliphatic carbocycles. The van der Waals surface area contributed by atoms with Crippen molar-refractivity contribution in [3.63, 3.8) is 0 Å². The van der Waals surface area contributed by atoms with Gasteiger partial charge in [0, 0.05) is 21.4 Å². The molecular formula is C35H35N3O3S. The van der Waals surface area contributed by atoms with Gasteiger partial charge in [0.15, 0.2) is 0 Å². The number of anilines is 1. The number of carbonyl (C=O) groups is 2. The Morgan fingerprint density at radius 3 is 2.29 bits per heavy atom. The summed E-state index contributed by atoms with van der Waals surface area (Å²) in [5.74, 6) is -0.256. The molecule has 0 bridgehead atoms. The summed E-state index contributed by atoms with van der Waals surface area (Å²) in [5, 5.41) is 4.14. The van der Waals surface area contributed by atoms with Gasteiger partial charge in [-0.25, -0.2) is 4.98 Å². The van der Waals surface area contributed by atoms with Crippen LogP contribution < -0.4 is 15.8 Å². The Morgan fingerprint density at radius 1 is 0.952 bits per heavy atom. The zero-order valence-corrected chi connectivity index (χ0v) is 25.6. The second kappa shape index (κ2) is 11.4. The summed E-state index contributed by atoms with van der Waals surface area (Å²) in [6, 6.07) is 25.1. The highest BCUT2D eigenvalue weighted by molar-refractivity contribution is 7.17. The molecule has 3 aromatic carbocycles. The standard InChI is InChI=1S/C35H35N3O3S/c1-20(2)41-29-14-10-8-12-25(29)28-19-26(24-11-7-9-13-27(24)37-28)33(40)38-34-31(32(36)39)30(21(3)42-34)22-15-17-23(18-16-22)35(4,5)6/h7-20H,1-6H3,(H2,36,39)(H,38,40). The lowest BCUT2D eigenvalue weighted by atomic mass is 9.86. The first-order chi connectivity index (χ1) is 19.9. The van der Waals surface area contributed by atoms with Crippen LogP contribution in [0.5, 0.6) is 5.75 Å². The molecule has 0 aliphatic heterocycles. The quantitative estimate of drug-likeness (QED) is 0.203. The predicted molar refractivity (Wildman–Crippen MR) is 173 cm³/mol. The number of benzene rings is 3. The normalized spacial score (nSPS) is 11.6. The lowest BCUT2D eigenvalue weighted by molar-refractivity contribution is 0.100. The topological polar surface area (TPSA) is 94.3 Å². The predicted octanol–water partition coefficient (Wildman–Crippen LogP) is 8.37. The van der Waals surface area contributed by atoms with E-state index in [-0.39, 0.29) is 17.4 Å². The highest BCUT2D eigenvalue weighted by atomic mass is 32.1. The van der Waals surface area contributed by atoms with E-state index < -0.39 is 5.91 Å². The van der Waals surface area contributed by atoms with Crippen molar-refractivity contribution in [2.45, 2.75) is 53.1 Å². The summed E-state index contributed by atoms with van der Waals surface area (Å²) in [6.07, 6.45) is -0.0254. The number of pyridine rings is 1. The number of aromatic nitrogens is 1. The van der Waals surface area contributed by atoms with Crippen molar-refractivity contribution in [2.75, 3.05) is 5.32 Å². The van der Waals surface area contributed by atoms with Crippen molar-refractivity contribution < 1.29 is 14.3 Å². The number of primary amides is 1. The van der Waals surface area contributed by atoms with Crippen LogP contribution in [-0.2, 0) is 5.41 Å². The zero-order valence-electron chi connectivity index (χ0n) is 24.7. The van der Waals surface area contributed by atoms with Crippen LogP contribution in [0, 0.1) is 6.92 Å². The maximum Gasteiger partial charge on any atom is 0.257 e. The first-order valence-corrected chi connectivity index (χ1v) is 14.8. The number of nitrogens with two attached hydrogens (primary N) is 1. The lowest BCUT2D eigenvalue weighted by Crippen LogP contribution is -2.18. The molecule has 0 saturated carbocycles. The average molecular weight is 578 g/mol. The molecule has 0 fully saturated rings. The Hall–Kier alpha value is -4.49. The Balaban J connectivity index is 1.58. The Labute approximate surface area is 250 Å². The number of nitrogens with one attached hydrogen (secondary N) is 1. The molecular weight excluding hydrogens is 542 g/mol. The van der Waals surface area contributed by atoms with Crippen molar-refractivity contribution in [3.8, 4) is 28.1 Å². The van der Waals surface area contributed by atoms with Crippen molar-refractivity contribution in [2.24, 2.45) is 5.73 Å². The molecule has 0 saturated heterocycles. The maximum absolute atomic E-state index is 13.9. The number of amides is 2. The van der Waals surface area contributed by atoms with E-state index in [9.17, 15) is 9.59 Å². The molecule has 7 heteroatoms. The SMILES string of the molecule is Cc1sc(NC(=O)c2cc(-c3ccccc3OC(C)C)nc3ccccc23)c(C(N)=O)c1-c1ccc(C(C)(C)C)cc1. The molecule has 0 atom stereocenters. The van der Waals surface area contributed by atoms with Crippen LogP contribution in [-0.4, -0.2) is 22.9 Å². The second-order valence-corrected chi connectivity index (χ2v) is 12.8. The molecule has 214 valence electrons. The van der Waals surface area contributed by atoms with E-state index in [1.165, 1.54) is 16.9 Å². The van der Waals surface area contributed by atoms with Crippen molar-refractivity contribution >= 4 is 39.1 Å². The third-order valence-electron chi connectivity index (χ3n) is 7.08. The number of aryl methyl sites for hydroxylation is 1. The van der Waals surface area contributed by atoms with Gasteiger partial charge < -0.3 is 15.8 Å². The minimum Gasteiger partial charge on any atom is -0.490 e. The number of hydrogen-bond acceptors (Lipinski definition) is 5. The summed E-state index contributed by atoms with van der Waals surface area (Å²) >= 11 is 1.34. The molecule has 2 aromatic heterocycles. The Morgan fingerprint density at radius 2 is 1.62 bits per heavy atom. The molecule has 2 amide bonds. The fourth-order valence-electron chi connectivity index (χ4n) is 5.06. The van der Waals surface area contributed by atoms with Crippen molar-refractivity contribution in [1.82, 2.24) is 4.98 Å². The van der Waals surface area contributed by atoms with E-state index in [1.807, 2.05) is 81.4 Å². The fourth-order valence-corrected chi connectivity index (χ4v) is 6.14. The summed E-state index contributed by atoms with van der Waals surface area (Å²) in [5.41, 5.74) is 11.6. The van der Waals surface area contributed by atoms with Gasteiger partial charge in [-0.1, -0.05) is 75.4 Å². The summed E-state index contributed by atoms with van der Waals surface area (Å²) in [7, 11) is 0. The van der Waals surface area contributed by atoms with E-state index in [0.717, 1.165) is 21.6 Å². The van der Waals surface area contributed by atoms with Gasteiger partial charge >= 0.3 is 0 Å². The summed E-state index contributed by atoms with van der Waals surface area (Å²) in [6.45, 7) is 12.3. The van der Waals surface area contributed by atoms with E-state index in [1.54, 1.807) is 6.07 Å². The van der Waals surface area contributed by atoms with Crippen LogP contribution in [0.2, 0.25) is 0 Å². The third kappa shape index (κ3) is 5.78. The number of ether oxygens (including phenoxy) is 1. The monoisotopic (exact) mass is 577 g/mol. The molecule has 5 aromatic rings. The minimum atomic E-state index is -0.593. The summed E-state index contributed by atoms with van der Waals surface area (Å²) < 4.78 is 6.04. The number of rotatable bonds is 7. The van der Waals surface area contributed by atoms with Gasteiger partial charge in [-0.15, -0.1) is 11.3 Å². The molecule has 6 nitrogen and oxygen atoms in total. The van der Waals surface area contributed by atoms with E-state index in [0.29, 0.717) is 38.5 Å². The van der Waals surface area contributed by atoms with Gasteiger partial charge in [0.2, 0.25) is 0 Å². The van der Waals surface area contributed by atoms with Crippen LogP contribution in [0.1, 0.15) is 65.8 Å². The summed E-state index contributed by atoms with van der Waals surface area (Å²) in [4.78, 5) is 32.5. The van der Waals surface area contributed by atoms with Gasteiger partial charge in [0.25, 0.3) is 11.8 Å². The molecule has 0 aliphatic rings. The van der Waals surface area contributed by atoms with Gasteiger partial charge in [-0.3, -0.25) is 9.59 Å². The number of hydrogen-bond donors (Lipinski definition) is 2. The van der Waals surface area contributed by atoms with Crippen LogP contribution >= 0.6 is 11.3 Å². The van der Waals surface area contributed by atoms with Gasteiger partial charge in [0.05, 0.1) is 28.4 Å². The molecule has 3 N–H and O–H groups in total. The smallest absolute Gasteiger partial charge is 0.257 e. The van der Waals surface area contributed by atoms with Crippen molar-refractivity contribution in [1.29, 1.82) is 0 Å². The highest BCUT2D eigenvalue weighted by Gasteiger charge is 2.25. The first kappa shape index (κ1) is 29.0. The van der Waals surface area contributed by atoms with Crippen LogP contribution in [0.4, 0.5) is 5.00 Å². The lowest BCUT2D eigenvalue weighted by Gasteiger charge is -2.19. The van der Waals surface area contributed by atoms with Crippen molar-refractivity contribution in [3.05, 3.63) is 100 Å². The van der Waals surface area contributed by atoms with Gasteiger partial charge in [-0.2, -0.15) is 0 Å². The second-order valence-electron chi connectivity index (χ2n) is 11.6. The number of thiophene rings is 1. The van der Waals surface area contributed by atoms with Crippen LogP contribution in [0.25, 0.3) is 33.3 Å². The largest absolute Gasteiger partial charge is 0.490 e. The zero-order chi connectivity index (χ0) is 30.2. The molecule has 42 heavy (non-hydrogen) atoms. The first-order valence-electron chi connectivity index (χ1n) is 14.0. The molecule has 0 unspecified atom stereocenters. The van der Waals surface area contributed by atoms with Gasteiger partial charge in [0.1, 0.15) is 10.8 Å². The molecule has 2 heterocycles. The number of fused-ring (bicyclic) bond motifs is 1. The number of para-hydroxylation sites is 2. The highest BCUT2D eigenvalue weighted by Crippen LogP contribution is 2.41. The van der Waals surface area contributed by atoms with E-state index in [4.69, 9.17) is 15.5 Å². The molecule has 0 spiro atoms. The van der Waals surface area contributed by atoms with Gasteiger partial charge in [-0.05, 0) is 61.6 Å². The van der Waals surface area contributed by atoms with Crippen LogP contribution in [0.3, 0.4) is 0 Å². The van der Waals surface area contributed by atoms with E-state index in [2.05, 4.69) is 38.2 Å². The third-order valence-corrected chi connectivity index (χ3v) is 8.10. The molecule has 0 radical (unpaired) electrons. The fraction of sp³-hybridized carbons (Fsp3) is 0.229. The number of nitrogens with zero attached hydrogens (tertiary/aromatic N) is 1. The minimum absolute atomic E-state index is 0.00146. The number of carbonyl (C=O) groups excluding carboxylic acids is 2. The maximum atomic E-state index is 13.9. The Kier molecular flexibility index (Phi) is 7.89. The Bertz CT molecular complexity index is 1800. The van der Waals surface area contributed by atoms with E-state index >= 15 is 0 Å². The average Bonchev–Trinajstić information content (AvgIpc) is 3.27. The molecule has 5 rings (SSSR count).